The van der Waals surface area contributed by atoms with E-state index in [1.54, 1.807) is 6.07 Å². The van der Waals surface area contributed by atoms with E-state index in [9.17, 15) is 4.79 Å². The van der Waals surface area contributed by atoms with Crippen LogP contribution in [0.5, 0.6) is 0 Å². The summed E-state index contributed by atoms with van der Waals surface area (Å²) < 4.78 is 0. The van der Waals surface area contributed by atoms with Crippen molar-refractivity contribution in [1.29, 1.82) is 5.26 Å². The second-order valence-corrected chi connectivity index (χ2v) is 4.14. The molecule has 0 aliphatic rings. The lowest BCUT2D eigenvalue weighted by molar-refractivity contribution is -0.137. The zero-order valence-corrected chi connectivity index (χ0v) is 10.0. The number of aryl methyl sites for hydroxylation is 1. The molecule has 1 unspecified atom stereocenters. The van der Waals surface area contributed by atoms with E-state index in [-0.39, 0.29) is 12.5 Å². The minimum absolute atomic E-state index is 0.0278. The van der Waals surface area contributed by atoms with Crippen LogP contribution in [0.3, 0.4) is 0 Å². The summed E-state index contributed by atoms with van der Waals surface area (Å²) in [6, 6.07) is 7.69. The van der Waals surface area contributed by atoms with E-state index in [1.165, 1.54) is 0 Å². The summed E-state index contributed by atoms with van der Waals surface area (Å²) >= 11 is 0. The molecule has 1 atom stereocenters. The highest BCUT2D eigenvalue weighted by Gasteiger charge is 2.08. The van der Waals surface area contributed by atoms with Gasteiger partial charge in [-0.15, -0.1) is 0 Å². The predicted octanol–water partition coefficient (Wildman–Crippen LogP) is 2.53. The van der Waals surface area contributed by atoms with Gasteiger partial charge in [0, 0.05) is 12.5 Å². The van der Waals surface area contributed by atoms with Crippen LogP contribution < -0.4 is 5.32 Å². The topological polar surface area (TPSA) is 73.1 Å². The van der Waals surface area contributed by atoms with Gasteiger partial charge in [-0.25, -0.2) is 0 Å². The summed E-state index contributed by atoms with van der Waals surface area (Å²) in [6.07, 6.45) is 0.663. The Bertz CT molecular complexity index is 449. The number of nitriles is 1. The normalized spacial score (nSPS) is 11.6. The molecular formula is C13H16N2O2. The third kappa shape index (κ3) is 4.15. The molecule has 17 heavy (non-hydrogen) atoms. The monoisotopic (exact) mass is 232 g/mol. The Hall–Kier alpha value is -2.02. The maximum absolute atomic E-state index is 10.5. The number of hydrogen-bond acceptors (Lipinski definition) is 3. The average Bonchev–Trinajstić information content (AvgIpc) is 2.27. The zero-order valence-electron chi connectivity index (χ0n) is 10.0. The molecule has 2 N–H and O–H groups in total. The van der Waals surface area contributed by atoms with Crippen molar-refractivity contribution in [3.05, 3.63) is 29.3 Å². The standard InChI is InChI=1S/C13H16N2O2/c1-9-3-5-11(8-14)12(7-9)15-10(2)4-6-13(16)17/h3,5,7,10,15H,4,6H2,1-2H3,(H,16,17). The molecule has 0 aromatic heterocycles. The van der Waals surface area contributed by atoms with Crippen molar-refractivity contribution in [1.82, 2.24) is 0 Å². The highest BCUT2D eigenvalue weighted by Crippen LogP contribution is 2.18. The molecule has 0 aliphatic heterocycles. The average molecular weight is 232 g/mol. The number of hydrogen-bond donors (Lipinski definition) is 2. The molecule has 0 amide bonds. The lowest BCUT2D eigenvalue weighted by Crippen LogP contribution is -2.17. The number of carbonyl (C=O) groups is 1. The van der Waals surface area contributed by atoms with Crippen LogP contribution in [-0.2, 0) is 4.79 Å². The van der Waals surface area contributed by atoms with E-state index >= 15 is 0 Å². The number of carboxylic acids is 1. The molecule has 0 aliphatic carbocycles. The van der Waals surface area contributed by atoms with Gasteiger partial charge >= 0.3 is 5.97 Å². The third-order valence-electron chi connectivity index (χ3n) is 2.49. The lowest BCUT2D eigenvalue weighted by atomic mass is 10.1. The Kier molecular flexibility index (Phi) is 4.53. The number of nitrogens with zero attached hydrogens (tertiary/aromatic N) is 1. The first-order chi connectivity index (χ1) is 8.02. The number of nitrogens with one attached hydrogen (secondary N) is 1. The fourth-order valence-electron chi connectivity index (χ4n) is 1.55. The van der Waals surface area contributed by atoms with E-state index in [4.69, 9.17) is 10.4 Å². The molecule has 4 heteroatoms. The zero-order chi connectivity index (χ0) is 12.8. The molecule has 1 aromatic rings. The lowest BCUT2D eigenvalue weighted by Gasteiger charge is -2.15. The van der Waals surface area contributed by atoms with E-state index in [1.807, 2.05) is 26.0 Å². The summed E-state index contributed by atoms with van der Waals surface area (Å²) in [7, 11) is 0. The van der Waals surface area contributed by atoms with Gasteiger partial charge in [-0.1, -0.05) is 6.07 Å². The minimum atomic E-state index is -0.802. The van der Waals surface area contributed by atoms with Gasteiger partial charge in [0.1, 0.15) is 6.07 Å². The predicted molar refractivity (Wildman–Crippen MR) is 65.8 cm³/mol. The second-order valence-electron chi connectivity index (χ2n) is 4.14. The molecule has 1 rings (SSSR count). The quantitative estimate of drug-likeness (QED) is 0.818. The smallest absolute Gasteiger partial charge is 0.303 e. The van der Waals surface area contributed by atoms with Gasteiger partial charge in [0.15, 0.2) is 0 Å². The molecule has 0 fully saturated rings. The van der Waals surface area contributed by atoms with E-state index in [0.717, 1.165) is 11.3 Å². The Labute approximate surface area is 101 Å². The van der Waals surface area contributed by atoms with Crippen molar-refractivity contribution in [3.8, 4) is 6.07 Å². The van der Waals surface area contributed by atoms with Crippen LogP contribution >= 0.6 is 0 Å². The molecule has 0 saturated heterocycles. The van der Waals surface area contributed by atoms with Crippen molar-refractivity contribution in [2.24, 2.45) is 0 Å². The first-order valence-corrected chi connectivity index (χ1v) is 5.52. The number of anilines is 1. The minimum Gasteiger partial charge on any atom is -0.481 e. The van der Waals surface area contributed by atoms with Crippen molar-refractivity contribution >= 4 is 11.7 Å². The van der Waals surface area contributed by atoms with Gasteiger partial charge in [-0.2, -0.15) is 5.26 Å². The Morgan fingerprint density at radius 2 is 2.29 bits per heavy atom. The molecule has 0 saturated carbocycles. The number of rotatable bonds is 5. The molecule has 90 valence electrons. The molecule has 0 heterocycles. The Morgan fingerprint density at radius 3 is 2.88 bits per heavy atom. The maximum atomic E-state index is 10.5. The second kappa shape index (κ2) is 5.90. The van der Waals surface area contributed by atoms with Gasteiger partial charge in [-0.3, -0.25) is 4.79 Å². The highest BCUT2D eigenvalue weighted by molar-refractivity contribution is 5.67. The van der Waals surface area contributed by atoms with Crippen LogP contribution in [0.2, 0.25) is 0 Å². The number of carboxylic acid groups (broad SMARTS) is 1. The van der Waals surface area contributed by atoms with Crippen LogP contribution in [0.4, 0.5) is 5.69 Å². The molecule has 0 radical (unpaired) electrons. The number of benzene rings is 1. The van der Waals surface area contributed by atoms with Gasteiger partial charge in [0.2, 0.25) is 0 Å². The fourth-order valence-corrected chi connectivity index (χ4v) is 1.55. The summed E-state index contributed by atoms with van der Waals surface area (Å²) in [4.78, 5) is 10.5. The Morgan fingerprint density at radius 1 is 1.59 bits per heavy atom. The third-order valence-corrected chi connectivity index (χ3v) is 2.49. The van der Waals surface area contributed by atoms with Crippen LogP contribution in [0, 0.1) is 18.3 Å². The Balaban J connectivity index is 2.70. The first kappa shape index (κ1) is 13.0. The van der Waals surface area contributed by atoms with Crippen molar-refractivity contribution < 1.29 is 9.90 Å². The van der Waals surface area contributed by atoms with Crippen LogP contribution in [-0.4, -0.2) is 17.1 Å². The molecule has 1 aromatic carbocycles. The van der Waals surface area contributed by atoms with Crippen molar-refractivity contribution in [3.63, 3.8) is 0 Å². The van der Waals surface area contributed by atoms with Crippen LogP contribution in [0.1, 0.15) is 30.9 Å². The SMILES string of the molecule is Cc1ccc(C#N)c(NC(C)CCC(=O)O)c1. The van der Waals surface area contributed by atoms with Crippen LogP contribution in [0.25, 0.3) is 0 Å². The maximum Gasteiger partial charge on any atom is 0.303 e. The molecule has 0 bridgehead atoms. The van der Waals surface area contributed by atoms with E-state index in [0.29, 0.717) is 12.0 Å². The van der Waals surface area contributed by atoms with Crippen LogP contribution in [0.15, 0.2) is 18.2 Å². The summed E-state index contributed by atoms with van der Waals surface area (Å²) in [5.74, 6) is -0.802. The first-order valence-electron chi connectivity index (χ1n) is 5.52. The number of aliphatic carboxylic acids is 1. The molecule has 4 nitrogen and oxygen atoms in total. The van der Waals surface area contributed by atoms with Gasteiger partial charge in [-0.05, 0) is 38.0 Å². The summed E-state index contributed by atoms with van der Waals surface area (Å²) in [5.41, 5.74) is 2.42. The summed E-state index contributed by atoms with van der Waals surface area (Å²) in [6.45, 7) is 3.86. The fraction of sp³-hybridized carbons (Fsp3) is 0.385. The largest absolute Gasteiger partial charge is 0.481 e. The molecular weight excluding hydrogens is 216 g/mol. The van der Waals surface area contributed by atoms with Gasteiger partial charge < -0.3 is 10.4 Å². The van der Waals surface area contributed by atoms with E-state index in [2.05, 4.69) is 11.4 Å². The van der Waals surface area contributed by atoms with E-state index < -0.39 is 5.97 Å². The summed E-state index contributed by atoms with van der Waals surface area (Å²) in [5, 5.41) is 20.7. The van der Waals surface area contributed by atoms with Gasteiger partial charge in [0.05, 0.1) is 11.3 Å². The highest BCUT2D eigenvalue weighted by atomic mass is 16.4. The van der Waals surface area contributed by atoms with Crippen molar-refractivity contribution in [2.75, 3.05) is 5.32 Å². The van der Waals surface area contributed by atoms with Crippen molar-refractivity contribution in [2.45, 2.75) is 32.7 Å². The molecule has 0 spiro atoms. The van der Waals surface area contributed by atoms with Gasteiger partial charge in [0.25, 0.3) is 0 Å².